The van der Waals surface area contributed by atoms with Gasteiger partial charge in [0, 0.05) is 30.7 Å². The number of piperidine rings is 1. The number of halogens is 1. The highest BCUT2D eigenvalue weighted by Gasteiger charge is 2.28. The molecule has 9 heteroatoms. The van der Waals surface area contributed by atoms with E-state index in [0.717, 1.165) is 30.9 Å². The van der Waals surface area contributed by atoms with E-state index in [1.54, 1.807) is 12.1 Å². The minimum absolute atomic E-state index is 0.0561. The van der Waals surface area contributed by atoms with Crippen LogP contribution in [0, 0.1) is 10.1 Å². The van der Waals surface area contributed by atoms with Crippen molar-refractivity contribution >= 4 is 33.0 Å². The predicted octanol–water partition coefficient (Wildman–Crippen LogP) is 4.03. The molecule has 0 unspecified atom stereocenters. The maximum Gasteiger partial charge on any atom is 0.293 e. The van der Waals surface area contributed by atoms with E-state index in [0.29, 0.717) is 24.7 Å². The van der Waals surface area contributed by atoms with E-state index >= 15 is 0 Å². The molecule has 144 valence electrons. The number of sulfonamides is 1. The lowest BCUT2D eigenvalue weighted by molar-refractivity contribution is -0.384. The molecule has 0 spiro atoms. The molecule has 27 heavy (non-hydrogen) atoms. The maximum absolute atomic E-state index is 12.8. The van der Waals surface area contributed by atoms with Crippen molar-refractivity contribution in [1.82, 2.24) is 4.31 Å². The van der Waals surface area contributed by atoms with Crippen LogP contribution in [0.5, 0.6) is 0 Å². The number of benzene rings is 2. The van der Waals surface area contributed by atoms with Crippen molar-refractivity contribution in [3.05, 3.63) is 63.2 Å². The van der Waals surface area contributed by atoms with Crippen molar-refractivity contribution in [3.8, 4) is 0 Å². The summed E-state index contributed by atoms with van der Waals surface area (Å²) in [5.41, 5.74) is 0.760. The molecule has 1 heterocycles. The summed E-state index contributed by atoms with van der Waals surface area (Å²) in [6, 6.07) is 11.1. The van der Waals surface area contributed by atoms with Crippen LogP contribution in [0.15, 0.2) is 47.4 Å². The number of nitro groups is 1. The molecule has 1 fully saturated rings. The van der Waals surface area contributed by atoms with Gasteiger partial charge in [0.1, 0.15) is 5.69 Å². The number of hydrogen-bond donors (Lipinski definition) is 1. The predicted molar refractivity (Wildman–Crippen MR) is 104 cm³/mol. The number of nitrogens with one attached hydrogen (secondary N) is 1. The Labute approximate surface area is 163 Å². The second kappa shape index (κ2) is 8.24. The summed E-state index contributed by atoms with van der Waals surface area (Å²) in [6.07, 6.45) is 2.61. The van der Waals surface area contributed by atoms with Crippen LogP contribution in [0.1, 0.15) is 24.8 Å². The van der Waals surface area contributed by atoms with Gasteiger partial charge in [0.2, 0.25) is 10.0 Å². The van der Waals surface area contributed by atoms with Crippen LogP contribution in [0.4, 0.5) is 11.4 Å². The van der Waals surface area contributed by atoms with Crippen LogP contribution in [0.2, 0.25) is 5.02 Å². The van der Waals surface area contributed by atoms with Gasteiger partial charge in [0.05, 0.1) is 9.82 Å². The molecule has 2 aromatic carbocycles. The first kappa shape index (κ1) is 19.6. The number of rotatable bonds is 6. The van der Waals surface area contributed by atoms with Gasteiger partial charge in [-0.1, -0.05) is 36.2 Å². The Kier molecular flexibility index (Phi) is 5.98. The number of anilines is 1. The van der Waals surface area contributed by atoms with Crippen molar-refractivity contribution < 1.29 is 13.3 Å². The highest BCUT2D eigenvalue weighted by Crippen LogP contribution is 2.30. The Morgan fingerprint density at radius 1 is 1.11 bits per heavy atom. The monoisotopic (exact) mass is 409 g/mol. The summed E-state index contributed by atoms with van der Waals surface area (Å²) in [5, 5.41) is 15.0. The minimum atomic E-state index is -3.73. The fourth-order valence-electron chi connectivity index (χ4n) is 3.06. The molecular weight excluding hydrogens is 390 g/mol. The molecule has 0 bridgehead atoms. The van der Waals surface area contributed by atoms with Crippen LogP contribution in [0.25, 0.3) is 0 Å². The highest BCUT2D eigenvalue weighted by atomic mass is 35.5. The summed E-state index contributed by atoms with van der Waals surface area (Å²) in [5.74, 6) is 0. The van der Waals surface area contributed by atoms with Gasteiger partial charge in [-0.05, 0) is 36.6 Å². The highest BCUT2D eigenvalue weighted by molar-refractivity contribution is 7.89. The average Bonchev–Trinajstić information content (AvgIpc) is 2.68. The first-order valence-corrected chi connectivity index (χ1v) is 10.5. The summed E-state index contributed by atoms with van der Waals surface area (Å²) >= 11 is 6.11. The van der Waals surface area contributed by atoms with Gasteiger partial charge in [0.15, 0.2) is 0 Å². The molecule has 0 saturated carbocycles. The number of nitrogens with zero attached hydrogens (tertiary/aromatic N) is 2. The molecule has 0 aliphatic carbocycles. The Morgan fingerprint density at radius 2 is 1.81 bits per heavy atom. The first-order chi connectivity index (χ1) is 12.9. The van der Waals surface area contributed by atoms with Crippen LogP contribution in [-0.2, 0) is 16.6 Å². The van der Waals surface area contributed by atoms with Gasteiger partial charge in [-0.15, -0.1) is 0 Å². The Hall–Kier alpha value is -2.16. The Balaban J connectivity index is 1.86. The molecule has 2 aromatic rings. The molecule has 1 N–H and O–H groups in total. The van der Waals surface area contributed by atoms with Crippen LogP contribution < -0.4 is 5.32 Å². The van der Waals surface area contributed by atoms with Crippen LogP contribution in [0.3, 0.4) is 0 Å². The van der Waals surface area contributed by atoms with E-state index in [2.05, 4.69) is 5.32 Å². The molecule has 0 radical (unpaired) electrons. The molecule has 3 rings (SSSR count). The van der Waals surface area contributed by atoms with E-state index in [-0.39, 0.29) is 16.3 Å². The van der Waals surface area contributed by atoms with E-state index < -0.39 is 14.9 Å². The molecular formula is C18H20ClN3O4S. The van der Waals surface area contributed by atoms with E-state index in [1.165, 1.54) is 16.4 Å². The van der Waals surface area contributed by atoms with Gasteiger partial charge in [-0.3, -0.25) is 10.1 Å². The lowest BCUT2D eigenvalue weighted by atomic mass is 10.2. The van der Waals surface area contributed by atoms with E-state index in [4.69, 9.17) is 11.6 Å². The number of hydrogen-bond acceptors (Lipinski definition) is 5. The van der Waals surface area contributed by atoms with Crippen molar-refractivity contribution in [1.29, 1.82) is 0 Å². The zero-order valence-corrected chi connectivity index (χ0v) is 16.2. The lowest BCUT2D eigenvalue weighted by Gasteiger charge is -2.25. The summed E-state index contributed by atoms with van der Waals surface area (Å²) in [6.45, 7) is 1.18. The van der Waals surface area contributed by atoms with E-state index in [1.807, 2.05) is 12.1 Å². The van der Waals surface area contributed by atoms with Gasteiger partial charge in [-0.25, -0.2) is 8.42 Å². The topological polar surface area (TPSA) is 92.5 Å². The van der Waals surface area contributed by atoms with Crippen molar-refractivity contribution in [3.63, 3.8) is 0 Å². The van der Waals surface area contributed by atoms with Crippen molar-refractivity contribution in [2.24, 2.45) is 0 Å². The normalized spacial score (nSPS) is 15.4. The molecule has 7 nitrogen and oxygen atoms in total. The molecule has 1 aliphatic rings. The third-order valence-electron chi connectivity index (χ3n) is 4.55. The Morgan fingerprint density at radius 3 is 2.48 bits per heavy atom. The minimum Gasteiger partial charge on any atom is -0.375 e. The molecule has 0 atom stereocenters. The van der Waals surface area contributed by atoms with Gasteiger partial charge in [0.25, 0.3) is 5.69 Å². The molecule has 1 saturated heterocycles. The third-order valence-corrected chi connectivity index (χ3v) is 6.81. The molecule has 1 aliphatic heterocycles. The third kappa shape index (κ3) is 4.40. The van der Waals surface area contributed by atoms with Crippen molar-refractivity contribution in [2.75, 3.05) is 18.4 Å². The summed E-state index contributed by atoms with van der Waals surface area (Å²) in [7, 11) is -3.73. The fraction of sp³-hybridized carbons (Fsp3) is 0.333. The van der Waals surface area contributed by atoms with Gasteiger partial charge in [-0.2, -0.15) is 4.31 Å². The largest absolute Gasteiger partial charge is 0.375 e. The number of nitro benzene ring substituents is 1. The SMILES string of the molecule is O=[N+]([O-])c1cc(S(=O)(=O)N2CCCCC2)ccc1NCc1ccccc1Cl. The summed E-state index contributed by atoms with van der Waals surface area (Å²) < 4.78 is 26.9. The Bertz CT molecular complexity index is 943. The zero-order chi connectivity index (χ0) is 19.4. The fourth-order valence-corrected chi connectivity index (χ4v) is 4.80. The van der Waals surface area contributed by atoms with Crippen molar-refractivity contribution in [2.45, 2.75) is 30.7 Å². The van der Waals surface area contributed by atoms with Crippen LogP contribution >= 0.6 is 11.6 Å². The summed E-state index contributed by atoms with van der Waals surface area (Å²) in [4.78, 5) is 10.9. The second-order valence-corrected chi connectivity index (χ2v) is 8.69. The standard InChI is InChI=1S/C18H20ClN3O4S/c19-16-7-3-2-6-14(16)13-20-17-9-8-15(12-18(17)22(23)24)27(25,26)21-10-4-1-5-11-21/h2-3,6-9,12,20H,1,4-5,10-11,13H2. The lowest BCUT2D eigenvalue weighted by Crippen LogP contribution is -2.35. The zero-order valence-electron chi connectivity index (χ0n) is 14.6. The smallest absolute Gasteiger partial charge is 0.293 e. The van der Waals surface area contributed by atoms with Gasteiger partial charge < -0.3 is 5.32 Å². The van der Waals surface area contributed by atoms with Crippen LogP contribution in [-0.4, -0.2) is 30.7 Å². The maximum atomic E-state index is 12.8. The first-order valence-electron chi connectivity index (χ1n) is 8.65. The average molecular weight is 410 g/mol. The van der Waals surface area contributed by atoms with Gasteiger partial charge >= 0.3 is 0 Å². The van der Waals surface area contributed by atoms with E-state index in [9.17, 15) is 18.5 Å². The quantitative estimate of drug-likeness (QED) is 0.574. The molecule has 0 aromatic heterocycles. The second-order valence-electron chi connectivity index (χ2n) is 6.35. The molecule has 0 amide bonds.